The normalized spacial score (nSPS) is 10.4. The molecule has 1 aromatic rings. The minimum absolute atomic E-state index is 0. The van der Waals surface area contributed by atoms with Crippen LogP contribution in [0.5, 0.6) is 0 Å². The molecular formula is C8H7NaO4S. The molecule has 1 rings (SSSR count). The third-order valence-electron chi connectivity index (χ3n) is 1.57. The third-order valence-corrected chi connectivity index (χ3v) is 2.46. The van der Waals surface area contributed by atoms with Crippen molar-refractivity contribution in [3.05, 3.63) is 29.3 Å². The summed E-state index contributed by atoms with van der Waals surface area (Å²) in [7, 11) is -4.55. The Kier molecular flexibility index (Phi) is 4.97. The average Bonchev–Trinajstić information content (AvgIpc) is 2.03. The summed E-state index contributed by atoms with van der Waals surface area (Å²) in [5.41, 5.74) is 0.528. The quantitative estimate of drug-likeness (QED) is 0.321. The van der Waals surface area contributed by atoms with Gasteiger partial charge in [0.25, 0.3) is 0 Å². The topological polar surface area (TPSA) is 74.3 Å². The van der Waals surface area contributed by atoms with Crippen molar-refractivity contribution in [2.24, 2.45) is 0 Å². The van der Waals surface area contributed by atoms with Crippen molar-refractivity contribution in [1.82, 2.24) is 0 Å². The predicted octanol–water partition coefficient (Wildman–Crippen LogP) is -2.28. The largest absolute Gasteiger partial charge is 1.00 e. The summed E-state index contributed by atoms with van der Waals surface area (Å²) in [5.74, 6) is 0. The van der Waals surface area contributed by atoms with E-state index in [1.165, 1.54) is 12.1 Å². The van der Waals surface area contributed by atoms with Gasteiger partial charge in [-0.15, -0.1) is 0 Å². The van der Waals surface area contributed by atoms with E-state index in [4.69, 9.17) is 0 Å². The minimum atomic E-state index is -4.55. The van der Waals surface area contributed by atoms with Gasteiger partial charge in [0.05, 0.1) is 4.90 Å². The van der Waals surface area contributed by atoms with Crippen LogP contribution in [-0.4, -0.2) is 19.3 Å². The molecule has 0 fully saturated rings. The van der Waals surface area contributed by atoms with Crippen molar-refractivity contribution in [1.29, 1.82) is 0 Å². The number of carbonyl (C=O) groups excluding carboxylic acids is 1. The van der Waals surface area contributed by atoms with E-state index in [1.807, 2.05) is 0 Å². The van der Waals surface area contributed by atoms with Crippen molar-refractivity contribution in [3.8, 4) is 0 Å². The van der Waals surface area contributed by atoms with E-state index in [9.17, 15) is 17.8 Å². The molecule has 0 spiro atoms. The molecule has 0 bridgehead atoms. The maximum atomic E-state index is 10.7. The second kappa shape index (κ2) is 5.04. The first-order valence-corrected chi connectivity index (χ1v) is 4.87. The molecule has 0 saturated carbocycles. The number of carbonyl (C=O) groups is 1. The first kappa shape index (κ1) is 13.8. The van der Waals surface area contributed by atoms with Gasteiger partial charge in [-0.05, 0) is 18.6 Å². The molecule has 0 N–H and O–H groups in total. The number of hydrogen-bond donors (Lipinski definition) is 0. The van der Waals surface area contributed by atoms with E-state index in [-0.39, 0.29) is 35.1 Å². The summed E-state index contributed by atoms with van der Waals surface area (Å²) in [6.45, 7) is 1.64. The second-order valence-electron chi connectivity index (χ2n) is 2.61. The fourth-order valence-corrected chi connectivity index (χ4v) is 1.69. The van der Waals surface area contributed by atoms with Crippen molar-refractivity contribution in [2.75, 3.05) is 0 Å². The number of benzene rings is 1. The molecule has 0 heterocycles. The summed E-state index contributed by atoms with van der Waals surface area (Å²) in [6, 6.07) is 4.07. The van der Waals surface area contributed by atoms with Gasteiger partial charge >= 0.3 is 29.6 Å². The zero-order valence-corrected chi connectivity index (χ0v) is 10.7. The molecule has 0 aromatic heterocycles. The third kappa shape index (κ3) is 3.18. The molecule has 1 aromatic carbocycles. The van der Waals surface area contributed by atoms with Gasteiger partial charge in [-0.2, -0.15) is 0 Å². The second-order valence-corrected chi connectivity index (χ2v) is 3.96. The van der Waals surface area contributed by atoms with Gasteiger partial charge < -0.3 is 4.55 Å². The minimum Gasteiger partial charge on any atom is -0.744 e. The summed E-state index contributed by atoms with van der Waals surface area (Å²) in [4.78, 5) is 9.93. The van der Waals surface area contributed by atoms with Crippen molar-refractivity contribution >= 4 is 16.4 Å². The molecule has 14 heavy (non-hydrogen) atoms. The van der Waals surface area contributed by atoms with Gasteiger partial charge in [0.1, 0.15) is 10.1 Å². The van der Waals surface area contributed by atoms with Gasteiger partial charge in [0, 0.05) is 5.56 Å². The molecule has 0 aliphatic heterocycles. The van der Waals surface area contributed by atoms with E-state index in [0.717, 1.165) is 0 Å². The average molecular weight is 222 g/mol. The Morgan fingerprint density at radius 3 is 2.36 bits per heavy atom. The van der Waals surface area contributed by atoms with Crippen LogP contribution >= 0.6 is 0 Å². The number of hydrogen-bond acceptors (Lipinski definition) is 4. The van der Waals surface area contributed by atoms with Crippen LogP contribution in [-0.2, 0) is 10.1 Å². The van der Waals surface area contributed by atoms with Gasteiger partial charge in [-0.1, -0.05) is 12.1 Å². The van der Waals surface area contributed by atoms with Crippen LogP contribution in [0.25, 0.3) is 0 Å². The molecule has 0 unspecified atom stereocenters. The molecule has 0 saturated heterocycles. The Hall–Kier alpha value is -0.200. The monoisotopic (exact) mass is 222 g/mol. The molecule has 0 radical (unpaired) electrons. The number of aldehydes is 1. The van der Waals surface area contributed by atoms with Gasteiger partial charge in [-0.25, -0.2) is 8.42 Å². The zero-order chi connectivity index (χ0) is 10.1. The molecule has 0 aliphatic rings. The molecule has 0 aliphatic carbocycles. The van der Waals surface area contributed by atoms with Crippen LogP contribution in [0.2, 0.25) is 0 Å². The van der Waals surface area contributed by atoms with Crippen LogP contribution in [0.3, 0.4) is 0 Å². The van der Waals surface area contributed by atoms with Crippen molar-refractivity contribution < 1.29 is 47.3 Å². The van der Waals surface area contributed by atoms with Crippen LogP contribution < -0.4 is 29.6 Å². The number of aryl methyl sites for hydroxylation is 1. The SMILES string of the molecule is Cc1ccc(C=O)c(S(=O)(=O)[O-])c1.[Na+]. The molecular weight excluding hydrogens is 215 g/mol. The Labute approximate surface area is 104 Å². The van der Waals surface area contributed by atoms with Gasteiger partial charge in [0.2, 0.25) is 0 Å². The Morgan fingerprint density at radius 2 is 1.93 bits per heavy atom. The summed E-state index contributed by atoms with van der Waals surface area (Å²) >= 11 is 0. The van der Waals surface area contributed by atoms with Crippen LogP contribution in [0.15, 0.2) is 23.1 Å². The first-order valence-electron chi connectivity index (χ1n) is 3.47. The molecule has 4 nitrogen and oxygen atoms in total. The van der Waals surface area contributed by atoms with Crippen molar-refractivity contribution in [3.63, 3.8) is 0 Å². The Balaban J connectivity index is 0.00000169. The Bertz CT molecular complexity index is 439. The van der Waals surface area contributed by atoms with Crippen LogP contribution in [0.4, 0.5) is 0 Å². The summed E-state index contributed by atoms with van der Waals surface area (Å²) in [6.07, 6.45) is 0.351. The fourth-order valence-electron chi connectivity index (χ4n) is 0.955. The predicted molar refractivity (Wildman–Crippen MR) is 44.5 cm³/mol. The van der Waals surface area contributed by atoms with Crippen molar-refractivity contribution in [2.45, 2.75) is 11.8 Å². The maximum absolute atomic E-state index is 10.7. The maximum Gasteiger partial charge on any atom is 1.00 e. The summed E-state index contributed by atoms with van der Waals surface area (Å²) < 4.78 is 32.0. The van der Waals surface area contributed by atoms with Gasteiger partial charge in [-0.3, -0.25) is 4.79 Å². The molecule has 6 heteroatoms. The first-order chi connectivity index (χ1) is 5.95. The molecule has 0 atom stereocenters. The Morgan fingerprint density at radius 1 is 1.36 bits per heavy atom. The summed E-state index contributed by atoms with van der Waals surface area (Å²) in [5, 5.41) is 0. The zero-order valence-electron chi connectivity index (χ0n) is 7.85. The number of rotatable bonds is 2. The fraction of sp³-hybridized carbons (Fsp3) is 0.125. The smallest absolute Gasteiger partial charge is 0.744 e. The molecule has 0 amide bonds. The van der Waals surface area contributed by atoms with Crippen LogP contribution in [0, 0.1) is 6.92 Å². The van der Waals surface area contributed by atoms with E-state index >= 15 is 0 Å². The molecule has 70 valence electrons. The van der Waals surface area contributed by atoms with E-state index < -0.39 is 15.0 Å². The van der Waals surface area contributed by atoms with Gasteiger partial charge in [0.15, 0.2) is 6.29 Å². The van der Waals surface area contributed by atoms with Crippen LogP contribution in [0.1, 0.15) is 15.9 Å². The standard InChI is InChI=1S/C8H8O4S.Na/c1-6-2-3-7(5-9)8(4-6)13(10,11)12;/h2-5H,1H3,(H,10,11,12);/q;+1/p-1. The van der Waals surface area contributed by atoms with E-state index in [1.54, 1.807) is 13.0 Å². The van der Waals surface area contributed by atoms with E-state index in [0.29, 0.717) is 11.8 Å². The van der Waals surface area contributed by atoms with E-state index in [2.05, 4.69) is 0 Å².